The Hall–Kier alpha value is -2.75. The average molecular weight is 351 g/mol. The maximum absolute atomic E-state index is 13.0. The molecule has 0 fully saturated rings. The smallest absolute Gasteiger partial charge is 0.232 e. The maximum Gasteiger partial charge on any atom is 0.232 e. The topological polar surface area (TPSA) is 38.8 Å². The van der Waals surface area contributed by atoms with E-state index < -0.39 is 5.41 Å². The monoisotopic (exact) mass is 351 g/mol. The Morgan fingerprint density at radius 2 is 1.65 bits per heavy atom. The second-order valence-corrected chi connectivity index (χ2v) is 7.38. The highest BCUT2D eigenvalue weighted by Gasteiger charge is 2.30. The predicted molar refractivity (Wildman–Crippen MR) is 106 cm³/mol. The van der Waals surface area contributed by atoms with Crippen LogP contribution in [0.2, 0.25) is 0 Å². The number of benzene rings is 2. The Bertz CT molecular complexity index is 862. The minimum Gasteiger partial charge on any atom is -0.493 e. The fraction of sp³-hybridized carbons (Fsp3) is 0.318. The second-order valence-electron chi connectivity index (χ2n) is 7.38. The molecule has 4 heteroatoms. The fourth-order valence-corrected chi connectivity index (χ4v) is 3.18. The summed E-state index contributed by atoms with van der Waals surface area (Å²) in [7, 11) is 3.26. The van der Waals surface area contributed by atoms with E-state index in [1.165, 1.54) is 0 Å². The normalized spacial score (nSPS) is 14.6. The van der Waals surface area contributed by atoms with Crippen LogP contribution in [0.5, 0.6) is 11.5 Å². The van der Waals surface area contributed by atoms with Crippen LogP contribution in [0.25, 0.3) is 17.2 Å². The minimum absolute atomic E-state index is 0.0959. The number of methoxy groups -OCH3 is 2. The third-order valence-electron chi connectivity index (χ3n) is 4.51. The molecule has 0 radical (unpaired) electrons. The van der Waals surface area contributed by atoms with Gasteiger partial charge in [-0.05, 0) is 29.3 Å². The molecule has 1 aliphatic heterocycles. The lowest BCUT2D eigenvalue weighted by Crippen LogP contribution is -2.40. The first-order valence-corrected chi connectivity index (χ1v) is 8.70. The molecule has 0 aliphatic carbocycles. The first-order valence-electron chi connectivity index (χ1n) is 8.70. The van der Waals surface area contributed by atoms with Gasteiger partial charge in [-0.25, -0.2) is 0 Å². The van der Waals surface area contributed by atoms with Crippen LogP contribution in [-0.4, -0.2) is 26.7 Å². The number of anilines is 1. The molecule has 1 heterocycles. The van der Waals surface area contributed by atoms with Gasteiger partial charge in [-0.2, -0.15) is 0 Å². The molecule has 0 spiro atoms. The van der Waals surface area contributed by atoms with Crippen LogP contribution in [0.1, 0.15) is 26.3 Å². The van der Waals surface area contributed by atoms with Gasteiger partial charge in [-0.3, -0.25) is 4.79 Å². The number of hydrogen-bond acceptors (Lipinski definition) is 3. The average Bonchev–Trinajstić information content (AvgIpc) is 2.62. The van der Waals surface area contributed by atoms with Crippen molar-refractivity contribution in [3.8, 4) is 22.6 Å². The van der Waals surface area contributed by atoms with Crippen molar-refractivity contribution in [3.05, 3.63) is 48.0 Å². The van der Waals surface area contributed by atoms with Crippen LogP contribution in [0.3, 0.4) is 0 Å². The van der Waals surface area contributed by atoms with E-state index >= 15 is 0 Å². The summed E-state index contributed by atoms with van der Waals surface area (Å²) in [5.41, 5.74) is 3.51. The number of carbonyl (C=O) groups excluding carboxylic acids is 1. The molecule has 0 aromatic heterocycles. The van der Waals surface area contributed by atoms with E-state index in [1.54, 1.807) is 14.2 Å². The van der Waals surface area contributed by atoms with E-state index in [0.717, 1.165) is 22.4 Å². The standard InChI is InChI=1S/C22H25NO3/c1-22(2,3)21(24)23-12-8-9-15-13-19(25-4)20(26-5)14-17(15)16-10-6-7-11-18(16)23/h6-11,13-14H,12H2,1-5H3/b9-8-. The second kappa shape index (κ2) is 6.87. The summed E-state index contributed by atoms with van der Waals surface area (Å²) < 4.78 is 10.9. The lowest BCUT2D eigenvalue weighted by atomic mass is 9.91. The molecule has 26 heavy (non-hydrogen) atoms. The summed E-state index contributed by atoms with van der Waals surface area (Å²) in [6.07, 6.45) is 4.06. The Kier molecular flexibility index (Phi) is 4.77. The van der Waals surface area contributed by atoms with Crippen molar-refractivity contribution < 1.29 is 14.3 Å². The molecule has 2 aromatic rings. The van der Waals surface area contributed by atoms with Gasteiger partial charge < -0.3 is 14.4 Å². The van der Waals surface area contributed by atoms with Crippen molar-refractivity contribution in [2.75, 3.05) is 25.7 Å². The van der Waals surface area contributed by atoms with Crippen molar-refractivity contribution in [3.63, 3.8) is 0 Å². The lowest BCUT2D eigenvalue weighted by molar-refractivity contribution is -0.125. The summed E-state index contributed by atoms with van der Waals surface area (Å²) in [6, 6.07) is 11.9. The number of hydrogen-bond donors (Lipinski definition) is 0. The third-order valence-corrected chi connectivity index (χ3v) is 4.51. The molecule has 0 N–H and O–H groups in total. The summed E-state index contributed by atoms with van der Waals surface area (Å²) in [6.45, 7) is 6.37. The largest absolute Gasteiger partial charge is 0.493 e. The van der Waals surface area contributed by atoms with Gasteiger partial charge in [0, 0.05) is 17.5 Å². The Labute approximate surface area is 155 Å². The van der Waals surface area contributed by atoms with Gasteiger partial charge in [0.15, 0.2) is 11.5 Å². The highest BCUT2D eigenvalue weighted by atomic mass is 16.5. The van der Waals surface area contributed by atoms with E-state index in [4.69, 9.17) is 9.47 Å². The van der Waals surface area contributed by atoms with Crippen LogP contribution in [0.4, 0.5) is 5.69 Å². The number of para-hydroxylation sites is 1. The van der Waals surface area contributed by atoms with Gasteiger partial charge in [0.05, 0.1) is 19.9 Å². The molecular formula is C22H25NO3. The lowest BCUT2D eigenvalue weighted by Gasteiger charge is -2.31. The van der Waals surface area contributed by atoms with E-state index in [-0.39, 0.29) is 5.91 Å². The van der Waals surface area contributed by atoms with E-state index in [0.29, 0.717) is 18.0 Å². The van der Waals surface area contributed by atoms with Crippen LogP contribution in [0.15, 0.2) is 42.5 Å². The molecule has 0 unspecified atom stereocenters. The summed E-state index contributed by atoms with van der Waals surface area (Å²) in [4.78, 5) is 14.9. The molecule has 0 bridgehead atoms. The molecule has 4 nitrogen and oxygen atoms in total. The highest BCUT2D eigenvalue weighted by molar-refractivity contribution is 6.02. The highest BCUT2D eigenvalue weighted by Crippen LogP contribution is 2.41. The molecular weight excluding hydrogens is 326 g/mol. The van der Waals surface area contributed by atoms with E-state index in [9.17, 15) is 4.79 Å². The predicted octanol–water partition coefficient (Wildman–Crippen LogP) is 4.78. The number of rotatable bonds is 2. The zero-order chi connectivity index (χ0) is 18.9. The van der Waals surface area contributed by atoms with Crippen LogP contribution in [-0.2, 0) is 4.79 Å². The first-order chi connectivity index (χ1) is 12.4. The van der Waals surface area contributed by atoms with Crippen molar-refractivity contribution in [2.24, 2.45) is 5.41 Å². The van der Waals surface area contributed by atoms with Crippen molar-refractivity contribution in [2.45, 2.75) is 20.8 Å². The van der Waals surface area contributed by atoms with Crippen LogP contribution < -0.4 is 14.4 Å². The molecule has 0 saturated heterocycles. The number of fused-ring (bicyclic) bond motifs is 3. The van der Waals surface area contributed by atoms with Gasteiger partial charge in [0.25, 0.3) is 0 Å². The first kappa shape index (κ1) is 18.1. The molecule has 3 rings (SSSR count). The van der Waals surface area contributed by atoms with Gasteiger partial charge in [-0.1, -0.05) is 51.1 Å². The van der Waals surface area contributed by atoms with Crippen molar-refractivity contribution >= 4 is 17.7 Å². The molecule has 0 saturated carbocycles. The van der Waals surface area contributed by atoms with Crippen molar-refractivity contribution in [1.29, 1.82) is 0 Å². The summed E-state index contributed by atoms with van der Waals surface area (Å²) in [5, 5.41) is 0. The van der Waals surface area contributed by atoms with Gasteiger partial charge in [-0.15, -0.1) is 0 Å². The zero-order valence-corrected chi connectivity index (χ0v) is 16.0. The Morgan fingerprint density at radius 3 is 2.31 bits per heavy atom. The number of ether oxygens (including phenoxy) is 2. The fourth-order valence-electron chi connectivity index (χ4n) is 3.18. The Morgan fingerprint density at radius 1 is 1.00 bits per heavy atom. The summed E-state index contributed by atoms with van der Waals surface area (Å²) in [5.74, 6) is 1.46. The Balaban J connectivity index is 2.23. The van der Waals surface area contributed by atoms with Crippen LogP contribution >= 0.6 is 0 Å². The number of nitrogens with zero attached hydrogens (tertiary/aromatic N) is 1. The molecule has 0 atom stereocenters. The minimum atomic E-state index is -0.458. The number of amides is 1. The van der Waals surface area contributed by atoms with Gasteiger partial charge >= 0.3 is 0 Å². The third kappa shape index (κ3) is 3.19. The van der Waals surface area contributed by atoms with E-state index in [2.05, 4.69) is 0 Å². The molecule has 2 aromatic carbocycles. The zero-order valence-electron chi connectivity index (χ0n) is 16.0. The molecule has 1 aliphatic rings. The van der Waals surface area contributed by atoms with Crippen molar-refractivity contribution in [1.82, 2.24) is 0 Å². The summed E-state index contributed by atoms with van der Waals surface area (Å²) >= 11 is 0. The maximum atomic E-state index is 13.0. The quantitative estimate of drug-likeness (QED) is 0.782. The van der Waals surface area contributed by atoms with E-state index in [1.807, 2.05) is 74.2 Å². The molecule has 136 valence electrons. The number of carbonyl (C=O) groups is 1. The van der Waals surface area contributed by atoms with Gasteiger partial charge in [0.1, 0.15) is 0 Å². The molecule has 1 amide bonds. The van der Waals surface area contributed by atoms with Crippen LogP contribution in [0, 0.1) is 5.41 Å². The SMILES string of the molecule is COc1cc2c(cc1OC)-c1ccccc1N(C(=O)C(C)(C)C)C/C=C\2. The van der Waals surface area contributed by atoms with Gasteiger partial charge in [0.2, 0.25) is 5.91 Å².